The van der Waals surface area contributed by atoms with Crippen molar-refractivity contribution in [3.63, 3.8) is 0 Å². The van der Waals surface area contributed by atoms with E-state index in [1.807, 2.05) is 13.8 Å². The van der Waals surface area contributed by atoms with Gasteiger partial charge in [0.2, 0.25) is 5.95 Å². The fraction of sp³-hybridized carbons (Fsp3) is 0.400. The number of aromatic nitrogens is 4. The van der Waals surface area contributed by atoms with Gasteiger partial charge < -0.3 is 15.4 Å². The molecule has 1 saturated carbocycles. The van der Waals surface area contributed by atoms with Crippen LogP contribution >= 0.6 is 0 Å². The van der Waals surface area contributed by atoms with E-state index in [4.69, 9.17) is 4.74 Å². The summed E-state index contributed by atoms with van der Waals surface area (Å²) in [7, 11) is 0. The molecule has 0 unspecified atom stereocenters. The van der Waals surface area contributed by atoms with Crippen molar-refractivity contribution in [2.45, 2.75) is 38.8 Å². The Kier molecular flexibility index (Phi) is 3.52. The molecule has 3 amide bonds. The Morgan fingerprint density at radius 1 is 1.32 bits per heavy atom. The van der Waals surface area contributed by atoms with Crippen LogP contribution in [0.2, 0.25) is 0 Å². The number of anilines is 1. The third-order valence-electron chi connectivity index (χ3n) is 3.65. The van der Waals surface area contributed by atoms with Crippen molar-refractivity contribution >= 4 is 29.6 Å². The lowest BCUT2D eigenvalue weighted by Crippen LogP contribution is -2.22. The highest BCUT2D eigenvalue weighted by Gasteiger charge is 2.26. The first kappa shape index (κ1) is 15.4. The summed E-state index contributed by atoms with van der Waals surface area (Å²) in [5.41, 5.74) is 1.19. The normalized spacial score (nSPS) is 18.8. The van der Waals surface area contributed by atoms with Crippen molar-refractivity contribution in [1.29, 1.82) is 0 Å². The lowest BCUT2D eigenvalue weighted by atomic mass is 10.2. The molecule has 2 aliphatic rings. The summed E-state index contributed by atoms with van der Waals surface area (Å²) in [5.74, 6) is 0.0427. The second kappa shape index (κ2) is 5.72. The van der Waals surface area contributed by atoms with Crippen LogP contribution in [0.4, 0.5) is 10.7 Å². The van der Waals surface area contributed by atoms with Crippen molar-refractivity contribution in [2.24, 2.45) is 0 Å². The molecule has 0 atom stereocenters. The third kappa shape index (κ3) is 3.10. The van der Waals surface area contributed by atoms with Crippen molar-refractivity contribution in [3.05, 3.63) is 17.5 Å². The lowest BCUT2D eigenvalue weighted by Gasteiger charge is -2.11. The van der Waals surface area contributed by atoms with E-state index in [1.165, 1.54) is 6.08 Å². The number of amides is 3. The molecule has 1 aliphatic heterocycles. The zero-order valence-corrected chi connectivity index (χ0v) is 13.7. The topological polar surface area (TPSA) is 123 Å². The molecule has 130 valence electrons. The minimum absolute atomic E-state index is 0.0825. The number of ether oxygens (including phenoxy) is 1. The minimum atomic E-state index is -0.553. The molecule has 0 radical (unpaired) electrons. The van der Waals surface area contributed by atoms with Crippen LogP contribution in [0.5, 0.6) is 6.01 Å². The molecule has 1 saturated heterocycles. The standard InChI is InChI=1S/C15H17N7O3/c1-7(2)25-15-19-11-8(5-10-12(23)20-14(24)18-10)6-16-22(11)13(21-15)17-9-3-4-9/h5-7,9H,3-4H2,1-2H3,(H,17,19,21)(H2,18,20,23,24)/b10-5-. The molecule has 1 aliphatic carbocycles. The number of rotatable bonds is 5. The van der Waals surface area contributed by atoms with E-state index in [9.17, 15) is 9.59 Å². The molecular weight excluding hydrogens is 326 g/mol. The molecule has 0 aromatic carbocycles. The predicted molar refractivity (Wildman–Crippen MR) is 87.8 cm³/mol. The van der Waals surface area contributed by atoms with Crippen molar-refractivity contribution < 1.29 is 14.3 Å². The van der Waals surface area contributed by atoms with Gasteiger partial charge in [0, 0.05) is 11.6 Å². The number of imide groups is 1. The first-order valence-electron chi connectivity index (χ1n) is 8.02. The summed E-state index contributed by atoms with van der Waals surface area (Å²) in [4.78, 5) is 31.7. The highest BCUT2D eigenvalue weighted by atomic mass is 16.5. The summed E-state index contributed by atoms with van der Waals surface area (Å²) in [6, 6.07) is 0.0453. The van der Waals surface area contributed by atoms with E-state index < -0.39 is 11.9 Å². The second-order valence-corrected chi connectivity index (χ2v) is 6.22. The van der Waals surface area contributed by atoms with Gasteiger partial charge in [0.1, 0.15) is 5.70 Å². The Balaban J connectivity index is 1.78. The van der Waals surface area contributed by atoms with Crippen LogP contribution in [0, 0.1) is 0 Å². The van der Waals surface area contributed by atoms with Gasteiger partial charge >= 0.3 is 12.0 Å². The maximum atomic E-state index is 11.7. The Labute approximate surface area is 142 Å². The molecule has 25 heavy (non-hydrogen) atoms. The monoisotopic (exact) mass is 343 g/mol. The van der Waals surface area contributed by atoms with Gasteiger partial charge in [-0.05, 0) is 32.8 Å². The molecule has 2 fully saturated rings. The van der Waals surface area contributed by atoms with Gasteiger partial charge in [-0.2, -0.15) is 19.6 Å². The van der Waals surface area contributed by atoms with Gasteiger partial charge in [0.15, 0.2) is 5.65 Å². The van der Waals surface area contributed by atoms with Crippen LogP contribution in [0.3, 0.4) is 0 Å². The number of urea groups is 1. The lowest BCUT2D eigenvalue weighted by molar-refractivity contribution is -0.115. The molecule has 0 spiro atoms. The average molecular weight is 343 g/mol. The van der Waals surface area contributed by atoms with E-state index in [1.54, 1.807) is 10.7 Å². The maximum Gasteiger partial charge on any atom is 0.326 e. The molecule has 3 N–H and O–H groups in total. The molecule has 2 aromatic heterocycles. The van der Waals surface area contributed by atoms with E-state index in [-0.39, 0.29) is 17.8 Å². The SMILES string of the molecule is CC(C)Oc1nc(NC2CC2)n2ncc(/C=C3\NC(=O)NC3=O)c2n1. The Hall–Kier alpha value is -3.17. The third-order valence-corrected chi connectivity index (χ3v) is 3.65. The highest BCUT2D eigenvalue weighted by Crippen LogP contribution is 2.26. The molecule has 0 bridgehead atoms. The van der Waals surface area contributed by atoms with Crippen LogP contribution in [-0.2, 0) is 4.79 Å². The van der Waals surface area contributed by atoms with Crippen LogP contribution in [0.25, 0.3) is 11.7 Å². The summed E-state index contributed by atoms with van der Waals surface area (Å²) in [5, 5.41) is 12.2. The minimum Gasteiger partial charge on any atom is -0.461 e. The first-order chi connectivity index (χ1) is 12.0. The van der Waals surface area contributed by atoms with Gasteiger partial charge in [-0.1, -0.05) is 0 Å². The Bertz CT molecular complexity index is 898. The molecule has 2 aromatic rings. The molecule has 10 heteroatoms. The smallest absolute Gasteiger partial charge is 0.326 e. The van der Waals surface area contributed by atoms with Gasteiger partial charge in [0.25, 0.3) is 5.91 Å². The first-order valence-corrected chi connectivity index (χ1v) is 8.02. The maximum absolute atomic E-state index is 11.7. The fourth-order valence-corrected chi connectivity index (χ4v) is 2.38. The van der Waals surface area contributed by atoms with Gasteiger partial charge in [0.05, 0.1) is 12.3 Å². The van der Waals surface area contributed by atoms with Gasteiger partial charge in [-0.15, -0.1) is 0 Å². The number of carbonyl (C=O) groups excluding carboxylic acids is 2. The summed E-state index contributed by atoms with van der Waals surface area (Å²) < 4.78 is 7.19. The molecule has 3 heterocycles. The zero-order valence-electron chi connectivity index (χ0n) is 13.7. The van der Waals surface area contributed by atoms with E-state index in [2.05, 4.69) is 31.0 Å². The van der Waals surface area contributed by atoms with Gasteiger partial charge in [-0.3, -0.25) is 10.1 Å². The average Bonchev–Trinajstić information content (AvgIpc) is 3.17. The van der Waals surface area contributed by atoms with Crippen LogP contribution in [0.1, 0.15) is 32.3 Å². The Morgan fingerprint density at radius 2 is 2.12 bits per heavy atom. The number of carbonyl (C=O) groups is 2. The molecule has 10 nitrogen and oxygen atoms in total. The van der Waals surface area contributed by atoms with Crippen LogP contribution < -0.4 is 20.7 Å². The summed E-state index contributed by atoms with van der Waals surface area (Å²) >= 11 is 0. The predicted octanol–water partition coefficient (Wildman–Crippen LogP) is 0.666. The van der Waals surface area contributed by atoms with Crippen LogP contribution in [0.15, 0.2) is 11.9 Å². The Morgan fingerprint density at radius 3 is 2.76 bits per heavy atom. The number of nitrogens with one attached hydrogen (secondary N) is 3. The molecule has 4 rings (SSSR count). The van der Waals surface area contributed by atoms with E-state index >= 15 is 0 Å². The quantitative estimate of drug-likeness (QED) is 0.538. The summed E-state index contributed by atoms with van der Waals surface area (Å²) in [6.45, 7) is 3.78. The van der Waals surface area contributed by atoms with E-state index in [0.717, 1.165) is 12.8 Å². The second-order valence-electron chi connectivity index (χ2n) is 6.22. The number of hydrogen-bond donors (Lipinski definition) is 3. The zero-order chi connectivity index (χ0) is 17.6. The number of fused-ring (bicyclic) bond motifs is 1. The van der Waals surface area contributed by atoms with Crippen molar-refractivity contribution in [1.82, 2.24) is 30.2 Å². The highest BCUT2D eigenvalue weighted by molar-refractivity contribution is 6.14. The molecular formula is C15H17N7O3. The van der Waals surface area contributed by atoms with Crippen molar-refractivity contribution in [3.8, 4) is 6.01 Å². The number of nitrogens with zero attached hydrogens (tertiary/aromatic N) is 4. The largest absolute Gasteiger partial charge is 0.461 e. The van der Waals surface area contributed by atoms with Crippen LogP contribution in [-0.4, -0.2) is 43.7 Å². The number of hydrogen-bond acceptors (Lipinski definition) is 7. The summed E-state index contributed by atoms with van der Waals surface area (Å²) in [6.07, 6.45) is 5.16. The van der Waals surface area contributed by atoms with Crippen molar-refractivity contribution in [2.75, 3.05) is 5.32 Å². The fourth-order valence-electron chi connectivity index (χ4n) is 2.38. The van der Waals surface area contributed by atoms with Gasteiger partial charge in [-0.25, -0.2) is 4.79 Å². The van der Waals surface area contributed by atoms with E-state index in [0.29, 0.717) is 23.2 Å².